The van der Waals surface area contributed by atoms with Crippen molar-refractivity contribution in [2.24, 2.45) is 0 Å². The van der Waals surface area contributed by atoms with Gasteiger partial charge in [0, 0.05) is 12.6 Å². The molecule has 7 nitrogen and oxygen atoms in total. The predicted molar refractivity (Wildman–Crippen MR) is 75.7 cm³/mol. The summed E-state index contributed by atoms with van der Waals surface area (Å²) >= 11 is 0. The average molecular weight is 280 g/mol. The first-order valence-corrected chi connectivity index (χ1v) is 6.42. The van der Waals surface area contributed by atoms with Gasteiger partial charge in [-0.25, -0.2) is 9.78 Å². The van der Waals surface area contributed by atoms with Crippen LogP contribution < -0.4 is 20.7 Å². The molecule has 0 aromatic carbocycles. The van der Waals surface area contributed by atoms with E-state index in [4.69, 9.17) is 4.74 Å². The summed E-state index contributed by atoms with van der Waals surface area (Å²) in [4.78, 5) is 27.2. The first kappa shape index (κ1) is 15.7. The molecular formula is C13H20N4O3. The number of amides is 3. The van der Waals surface area contributed by atoms with E-state index in [-0.39, 0.29) is 5.91 Å². The molecular weight excluding hydrogens is 260 g/mol. The molecule has 0 fully saturated rings. The predicted octanol–water partition coefficient (Wildman–Crippen LogP) is 1.13. The molecule has 0 aliphatic heterocycles. The van der Waals surface area contributed by atoms with Gasteiger partial charge in [-0.1, -0.05) is 6.92 Å². The number of aromatic nitrogens is 1. The van der Waals surface area contributed by atoms with Crippen molar-refractivity contribution < 1.29 is 14.3 Å². The van der Waals surface area contributed by atoms with Crippen LogP contribution in [0.25, 0.3) is 0 Å². The van der Waals surface area contributed by atoms with E-state index < -0.39 is 12.1 Å². The Morgan fingerprint density at radius 3 is 2.70 bits per heavy atom. The number of nitrogens with zero attached hydrogens (tertiary/aromatic N) is 1. The number of carbonyl (C=O) groups is 2. The maximum absolute atomic E-state index is 11.7. The van der Waals surface area contributed by atoms with E-state index in [1.54, 1.807) is 19.1 Å². The zero-order chi connectivity index (χ0) is 15.0. The molecule has 0 radical (unpaired) electrons. The summed E-state index contributed by atoms with van der Waals surface area (Å²) < 4.78 is 4.92. The number of methoxy groups -OCH3 is 1. The normalized spacial score (nSPS) is 11.3. The highest BCUT2D eigenvalue weighted by Crippen LogP contribution is 2.10. The van der Waals surface area contributed by atoms with Gasteiger partial charge >= 0.3 is 6.03 Å². The van der Waals surface area contributed by atoms with Gasteiger partial charge in [-0.15, -0.1) is 0 Å². The van der Waals surface area contributed by atoms with Crippen molar-refractivity contribution in [3.05, 3.63) is 18.3 Å². The van der Waals surface area contributed by atoms with Crippen molar-refractivity contribution in [3.63, 3.8) is 0 Å². The molecule has 1 atom stereocenters. The highest BCUT2D eigenvalue weighted by Gasteiger charge is 2.14. The number of rotatable bonds is 6. The largest absolute Gasteiger partial charge is 0.481 e. The van der Waals surface area contributed by atoms with E-state index in [1.807, 2.05) is 6.92 Å². The summed E-state index contributed by atoms with van der Waals surface area (Å²) in [5, 5.41) is 7.84. The minimum atomic E-state index is -0.604. The van der Waals surface area contributed by atoms with Gasteiger partial charge in [-0.2, -0.15) is 0 Å². The Balaban J connectivity index is 2.44. The molecule has 3 N–H and O–H groups in total. The van der Waals surface area contributed by atoms with E-state index >= 15 is 0 Å². The summed E-state index contributed by atoms with van der Waals surface area (Å²) in [5.41, 5.74) is 0.518. The lowest BCUT2D eigenvalue weighted by Gasteiger charge is -2.14. The van der Waals surface area contributed by atoms with Gasteiger partial charge < -0.3 is 20.7 Å². The van der Waals surface area contributed by atoms with Crippen LogP contribution in [0.3, 0.4) is 0 Å². The monoisotopic (exact) mass is 280 g/mol. The van der Waals surface area contributed by atoms with Crippen LogP contribution in [-0.2, 0) is 4.79 Å². The Labute approximate surface area is 118 Å². The second kappa shape index (κ2) is 7.98. The van der Waals surface area contributed by atoms with Crippen molar-refractivity contribution in [2.75, 3.05) is 19.0 Å². The molecule has 0 saturated carbocycles. The highest BCUT2D eigenvalue weighted by molar-refractivity contribution is 5.93. The molecule has 1 rings (SSSR count). The first-order valence-electron chi connectivity index (χ1n) is 6.42. The van der Waals surface area contributed by atoms with Gasteiger partial charge in [0.05, 0.1) is 19.0 Å². The number of pyridine rings is 1. The van der Waals surface area contributed by atoms with Crippen LogP contribution in [0.1, 0.15) is 20.3 Å². The topological polar surface area (TPSA) is 92.4 Å². The summed E-state index contributed by atoms with van der Waals surface area (Å²) in [7, 11) is 1.51. The number of nitrogens with one attached hydrogen (secondary N) is 3. The number of urea groups is 1. The fraction of sp³-hybridized carbons (Fsp3) is 0.462. The SMILES string of the molecule is CCCNC(=O)[C@@H](C)NC(=O)Nc1ccc(OC)nc1. The lowest BCUT2D eigenvalue weighted by molar-refractivity contribution is -0.122. The number of carbonyl (C=O) groups excluding carboxylic acids is 2. The van der Waals surface area contributed by atoms with Crippen LogP contribution in [0, 0.1) is 0 Å². The molecule has 0 spiro atoms. The van der Waals surface area contributed by atoms with Crippen LogP contribution in [0.4, 0.5) is 10.5 Å². The molecule has 1 aromatic rings. The van der Waals surface area contributed by atoms with E-state index in [0.29, 0.717) is 18.1 Å². The van der Waals surface area contributed by atoms with Crippen LogP contribution >= 0.6 is 0 Å². The molecule has 0 unspecified atom stereocenters. The van der Waals surface area contributed by atoms with Crippen molar-refractivity contribution in [1.29, 1.82) is 0 Å². The molecule has 0 aliphatic carbocycles. The van der Waals surface area contributed by atoms with Crippen LogP contribution in [-0.4, -0.2) is 36.6 Å². The fourth-order valence-corrected chi connectivity index (χ4v) is 1.41. The third-order valence-corrected chi connectivity index (χ3v) is 2.49. The molecule has 1 heterocycles. The molecule has 0 bridgehead atoms. The number of ether oxygens (including phenoxy) is 1. The maximum Gasteiger partial charge on any atom is 0.319 e. The molecule has 0 saturated heterocycles. The summed E-state index contributed by atoms with van der Waals surface area (Å²) in [6.07, 6.45) is 2.32. The zero-order valence-electron chi connectivity index (χ0n) is 11.9. The van der Waals surface area contributed by atoms with Gasteiger partial charge in [-0.3, -0.25) is 4.79 Å². The van der Waals surface area contributed by atoms with Crippen molar-refractivity contribution in [3.8, 4) is 5.88 Å². The minimum Gasteiger partial charge on any atom is -0.481 e. The molecule has 20 heavy (non-hydrogen) atoms. The van der Waals surface area contributed by atoms with Crippen LogP contribution in [0.15, 0.2) is 18.3 Å². The Morgan fingerprint density at radius 2 is 2.15 bits per heavy atom. The van der Waals surface area contributed by atoms with E-state index in [9.17, 15) is 9.59 Å². The Hall–Kier alpha value is -2.31. The molecule has 0 aliphatic rings. The molecule has 3 amide bonds. The van der Waals surface area contributed by atoms with Gasteiger partial charge in [-0.05, 0) is 19.4 Å². The van der Waals surface area contributed by atoms with Crippen LogP contribution in [0.2, 0.25) is 0 Å². The Kier molecular flexibility index (Phi) is 6.28. The quantitative estimate of drug-likeness (QED) is 0.728. The minimum absolute atomic E-state index is 0.213. The highest BCUT2D eigenvalue weighted by atomic mass is 16.5. The van der Waals surface area contributed by atoms with Crippen LogP contribution in [0.5, 0.6) is 5.88 Å². The van der Waals surface area contributed by atoms with Gasteiger partial charge in [0.25, 0.3) is 0 Å². The van der Waals surface area contributed by atoms with E-state index in [2.05, 4.69) is 20.9 Å². The third kappa shape index (κ3) is 5.13. The Morgan fingerprint density at radius 1 is 1.40 bits per heavy atom. The number of anilines is 1. The number of hydrogen-bond acceptors (Lipinski definition) is 4. The first-order chi connectivity index (χ1) is 9.56. The lowest BCUT2D eigenvalue weighted by atomic mass is 10.3. The molecule has 110 valence electrons. The third-order valence-electron chi connectivity index (χ3n) is 2.49. The summed E-state index contributed by atoms with van der Waals surface area (Å²) in [5.74, 6) is 0.248. The Bertz CT molecular complexity index is 447. The number of hydrogen-bond donors (Lipinski definition) is 3. The second-order valence-electron chi connectivity index (χ2n) is 4.20. The maximum atomic E-state index is 11.7. The van der Waals surface area contributed by atoms with Crippen molar-refractivity contribution in [1.82, 2.24) is 15.6 Å². The second-order valence-corrected chi connectivity index (χ2v) is 4.20. The standard InChI is InChI=1S/C13H20N4O3/c1-4-7-14-12(18)9(2)16-13(19)17-10-5-6-11(20-3)15-8-10/h5-6,8-9H,4,7H2,1-3H3,(H,14,18)(H2,16,17,19)/t9-/m1/s1. The zero-order valence-corrected chi connectivity index (χ0v) is 11.9. The van der Waals surface area contributed by atoms with Crippen molar-refractivity contribution >= 4 is 17.6 Å². The molecule has 7 heteroatoms. The molecule has 1 aromatic heterocycles. The van der Waals surface area contributed by atoms with Crippen molar-refractivity contribution in [2.45, 2.75) is 26.3 Å². The fourth-order valence-electron chi connectivity index (χ4n) is 1.41. The van der Waals surface area contributed by atoms with Gasteiger partial charge in [0.1, 0.15) is 6.04 Å². The van der Waals surface area contributed by atoms with E-state index in [0.717, 1.165) is 6.42 Å². The van der Waals surface area contributed by atoms with Gasteiger partial charge in [0.15, 0.2) is 0 Å². The summed E-state index contributed by atoms with van der Waals surface area (Å²) in [6, 6.07) is 2.23. The smallest absolute Gasteiger partial charge is 0.319 e. The van der Waals surface area contributed by atoms with E-state index in [1.165, 1.54) is 13.3 Å². The summed E-state index contributed by atoms with van der Waals surface area (Å²) in [6.45, 7) is 4.17. The lowest BCUT2D eigenvalue weighted by Crippen LogP contribution is -2.46. The average Bonchev–Trinajstić information content (AvgIpc) is 2.45. The van der Waals surface area contributed by atoms with Gasteiger partial charge in [0.2, 0.25) is 11.8 Å².